The molecule has 3 aliphatic heterocycles. The molecule has 25 heteroatoms. The number of aromatic amines is 2. The summed E-state index contributed by atoms with van der Waals surface area (Å²) in [4.78, 5) is 12.5. The molecule has 10 rings (SSSR count). The molecule has 0 saturated carbocycles. The summed E-state index contributed by atoms with van der Waals surface area (Å²) < 4.78 is 295. The summed E-state index contributed by atoms with van der Waals surface area (Å²) in [5.74, 6) is -51.0. The van der Waals surface area contributed by atoms with Crippen LogP contribution in [-0.2, 0) is 0 Å². The number of H-pyrrole nitrogens is 2. The largest absolute Gasteiger partial charge is 0.477 e. The van der Waals surface area contributed by atoms with Crippen molar-refractivity contribution < 1.29 is 93.3 Å². The Labute approximate surface area is 367 Å². The first kappa shape index (κ1) is 45.0. The third-order valence-electron chi connectivity index (χ3n) is 11.3. The fourth-order valence-corrected chi connectivity index (χ4v) is 8.24. The van der Waals surface area contributed by atoms with Crippen LogP contribution in [0.5, 0.6) is 5.75 Å². The highest BCUT2D eigenvalue weighted by Crippen LogP contribution is 2.54. The third kappa shape index (κ3) is 6.07. The number of aromatic nitrogens is 4. The minimum Gasteiger partial charge on any atom is -0.477 e. The highest BCUT2D eigenvalue weighted by Gasteiger charge is 2.46. The number of nitrogens with one attached hydrogen (secondary N) is 2. The van der Waals surface area contributed by atoms with Crippen molar-refractivity contribution in [1.29, 1.82) is 0 Å². The van der Waals surface area contributed by atoms with Crippen LogP contribution in [0.1, 0.15) is 35.0 Å². The van der Waals surface area contributed by atoms with Crippen LogP contribution in [-0.4, -0.2) is 25.0 Å². The van der Waals surface area contributed by atoms with Crippen molar-refractivity contribution in [2.75, 3.05) is 0 Å². The van der Waals surface area contributed by atoms with E-state index in [0.717, 1.165) is 0 Å². The summed E-state index contributed by atoms with van der Waals surface area (Å²) >= 11 is 0. The molecule has 3 aromatic heterocycles. The molecule has 6 nitrogen and oxygen atoms in total. The summed E-state index contributed by atoms with van der Waals surface area (Å²) in [5, 5.41) is 11.8. The van der Waals surface area contributed by atoms with Gasteiger partial charge in [-0.15, -0.1) is 0 Å². The normalized spacial score (nSPS) is 15.0. The van der Waals surface area contributed by atoms with E-state index >= 15 is 48.3 Å². The van der Waals surface area contributed by atoms with Crippen LogP contribution in [0.2, 0.25) is 0 Å². The Kier molecular flexibility index (Phi) is 10.0. The van der Waals surface area contributed by atoms with Crippen LogP contribution in [0.4, 0.5) is 83.4 Å². The smallest absolute Gasteiger partial charge is 0.204 e. The van der Waals surface area contributed by atoms with Crippen LogP contribution in [0.3, 0.4) is 0 Å². The zero-order valence-corrected chi connectivity index (χ0v) is 32.6. The summed E-state index contributed by atoms with van der Waals surface area (Å²) in [7, 11) is 0. The first-order chi connectivity index (χ1) is 32.6. The van der Waals surface area contributed by atoms with E-state index in [1.54, 1.807) is 0 Å². The van der Waals surface area contributed by atoms with Crippen molar-refractivity contribution in [2.24, 2.45) is 0 Å². The Hall–Kier alpha value is -7.83. The van der Waals surface area contributed by atoms with E-state index < -0.39 is 218 Å². The lowest BCUT2D eigenvalue weighted by atomic mass is 9.93. The molecule has 0 unspecified atom stereocenters. The molecule has 6 heterocycles. The Bertz CT molecular complexity index is 3670. The number of halogens is 19. The molecule has 8 bridgehead atoms. The van der Waals surface area contributed by atoms with Crippen LogP contribution in [0, 0.1) is 111 Å². The Morgan fingerprint density at radius 3 is 1.00 bits per heavy atom. The minimum absolute atomic E-state index is 0.576. The van der Waals surface area contributed by atoms with Crippen molar-refractivity contribution in [2.45, 2.75) is 12.2 Å². The topological polar surface area (TPSA) is 86.8 Å². The van der Waals surface area contributed by atoms with Crippen LogP contribution in [0.25, 0.3) is 78.7 Å². The zero-order valence-electron chi connectivity index (χ0n) is 32.6. The van der Waals surface area contributed by atoms with Crippen molar-refractivity contribution in [3.8, 4) is 50.3 Å². The molecule has 0 fully saturated rings. The number of hydrogen-bond donors (Lipinski definition) is 3. The molecule has 0 amide bonds. The van der Waals surface area contributed by atoms with Gasteiger partial charge in [-0.2, -0.15) is 4.39 Å². The number of aliphatic hydroxyl groups is 1. The maximum atomic E-state index is 16.0. The average Bonchev–Trinajstić information content (AvgIpc) is 4.18. The van der Waals surface area contributed by atoms with Crippen molar-refractivity contribution in [1.82, 2.24) is 19.9 Å². The second kappa shape index (κ2) is 15.3. The maximum absolute atomic E-state index is 16.0. The number of ether oxygens (including phenoxy) is 1. The summed E-state index contributed by atoms with van der Waals surface area (Å²) in [5.41, 5.74) is -20.2. The predicted octanol–water partition coefficient (Wildman–Crippen LogP) is 13.0. The summed E-state index contributed by atoms with van der Waals surface area (Å²) in [6.45, 7) is 0. The SMILES string of the molecule is O[C@H]1c2nc3c(c4ccc([nH]4)c(-c4c(F)c(F)c(F)c(F)c4F)c4nc(c(-c5c(F)c(F)c(F)c(F)c5F)c5ccc([nH]5)c2-c2c(F)c(F)c(F)c(F)c2F)C=C4)-c2c(F)c(F)c(F)c(F)c2O[C@H]31. The van der Waals surface area contributed by atoms with Gasteiger partial charge in [0.15, 0.2) is 93.3 Å². The quantitative estimate of drug-likeness (QED) is 0.0935. The number of benzene rings is 4. The highest BCUT2D eigenvalue weighted by molar-refractivity contribution is 5.98. The van der Waals surface area contributed by atoms with Gasteiger partial charge in [-0.3, -0.25) is 0 Å². The Morgan fingerprint density at radius 1 is 0.333 bits per heavy atom. The molecule has 2 atom stereocenters. The number of fused-ring (bicyclic) bond motifs is 10. The van der Waals surface area contributed by atoms with E-state index in [1.165, 1.54) is 0 Å². The summed E-state index contributed by atoms with van der Waals surface area (Å²) in [6.07, 6.45) is -3.92. The second-order valence-corrected chi connectivity index (χ2v) is 14.9. The molecule has 3 N–H and O–H groups in total. The fraction of sp³-hybridized carbons (Fsp3) is 0.0455. The molecule has 7 aromatic rings. The lowest BCUT2D eigenvalue weighted by molar-refractivity contribution is 0.0380. The van der Waals surface area contributed by atoms with E-state index in [4.69, 9.17) is 4.74 Å². The molecular formula is C44H11F19N4O2. The van der Waals surface area contributed by atoms with Crippen molar-refractivity contribution >= 4 is 34.2 Å². The fourth-order valence-electron chi connectivity index (χ4n) is 8.24. The van der Waals surface area contributed by atoms with Gasteiger partial charge in [0.2, 0.25) is 29.1 Å². The van der Waals surface area contributed by atoms with Crippen molar-refractivity contribution in [3.05, 3.63) is 158 Å². The molecule has 0 spiro atoms. The molecule has 0 radical (unpaired) electrons. The Morgan fingerprint density at radius 2 is 0.623 bits per heavy atom. The molecule has 4 aromatic carbocycles. The first-order valence-corrected chi connectivity index (χ1v) is 18.8. The van der Waals surface area contributed by atoms with E-state index in [2.05, 4.69) is 19.9 Å². The number of aliphatic hydroxyl groups excluding tert-OH is 1. The van der Waals surface area contributed by atoms with Gasteiger partial charge in [0.1, 0.15) is 6.10 Å². The van der Waals surface area contributed by atoms with Gasteiger partial charge in [-0.1, -0.05) is 0 Å². The minimum atomic E-state index is -2.75. The van der Waals surface area contributed by atoms with Crippen LogP contribution >= 0.6 is 0 Å². The first-order valence-electron chi connectivity index (χ1n) is 18.8. The number of rotatable bonds is 3. The maximum Gasteiger partial charge on any atom is 0.204 e. The van der Waals surface area contributed by atoms with E-state index in [0.29, 0.717) is 36.4 Å². The van der Waals surface area contributed by atoms with Crippen molar-refractivity contribution in [3.63, 3.8) is 0 Å². The van der Waals surface area contributed by atoms with Crippen LogP contribution in [0.15, 0.2) is 24.3 Å². The average molecular weight is 989 g/mol. The number of hydrogen-bond acceptors (Lipinski definition) is 4. The molecule has 3 aliphatic rings. The lowest BCUT2D eigenvalue weighted by Gasteiger charge is -2.27. The van der Waals surface area contributed by atoms with Gasteiger partial charge in [0.05, 0.1) is 45.0 Å². The highest BCUT2D eigenvalue weighted by atomic mass is 19.2. The third-order valence-corrected chi connectivity index (χ3v) is 11.3. The van der Waals surface area contributed by atoms with Gasteiger partial charge in [0.25, 0.3) is 0 Å². The van der Waals surface area contributed by atoms with Gasteiger partial charge in [-0.25, -0.2) is 89.0 Å². The second-order valence-electron chi connectivity index (χ2n) is 14.9. The van der Waals surface area contributed by atoms with E-state index in [9.17, 15) is 40.2 Å². The molecule has 69 heavy (non-hydrogen) atoms. The summed E-state index contributed by atoms with van der Waals surface area (Å²) in [6, 6.07) is 2.57. The molecule has 0 aliphatic carbocycles. The molecule has 0 saturated heterocycles. The van der Waals surface area contributed by atoms with E-state index in [1.807, 2.05) is 0 Å². The van der Waals surface area contributed by atoms with Gasteiger partial charge < -0.3 is 19.8 Å². The van der Waals surface area contributed by atoms with Crippen LogP contribution < -0.4 is 4.74 Å². The van der Waals surface area contributed by atoms with Gasteiger partial charge >= 0.3 is 0 Å². The zero-order chi connectivity index (χ0) is 49.7. The van der Waals surface area contributed by atoms with Gasteiger partial charge in [-0.05, 0) is 36.4 Å². The molecular weight excluding hydrogens is 977 g/mol. The number of nitrogens with zero attached hydrogens (tertiary/aromatic N) is 2. The Balaban J connectivity index is 1.51. The monoisotopic (exact) mass is 988 g/mol. The molecule has 352 valence electrons. The predicted molar refractivity (Wildman–Crippen MR) is 199 cm³/mol. The van der Waals surface area contributed by atoms with E-state index in [-0.39, 0.29) is 0 Å². The lowest BCUT2D eigenvalue weighted by Crippen LogP contribution is -2.20. The standard InChI is InChI=1S/C44H11F19N4O2/c45-21-17(22(46)29(53)35(59)28(21)52)13-7-1-2-8(64-7)14(18-23(47)30(54)36(60)31(55)24(18)48)10-4-6-12(66-10)16-20-27(51)34(58)38(62)39(63)43(20)69-44-41(16)67-40(42(44)68)15(11-5-3-9(13)65-11)19-25(49)32(56)37(61)33(57)26(19)50/h1-6,42,44,65-66,68H/t42-,44+/m0/s1. The van der Waals surface area contributed by atoms with Gasteiger partial charge in [0, 0.05) is 44.3 Å².